The Morgan fingerprint density at radius 2 is 1.03 bits per heavy atom. The first-order valence-corrected chi connectivity index (χ1v) is 16.9. The fourth-order valence-electron chi connectivity index (χ4n) is 4.03. The fourth-order valence-corrected chi connectivity index (χ4v) is 7.21. The monoisotopic (exact) mass is 514 g/mol. The summed E-state index contributed by atoms with van der Waals surface area (Å²) in [6.45, 7) is 3.89. The van der Waals surface area contributed by atoms with Gasteiger partial charge in [-0.15, -0.1) is 10.3 Å². The van der Waals surface area contributed by atoms with Crippen LogP contribution >= 0.6 is 21.6 Å². The van der Waals surface area contributed by atoms with E-state index in [1.165, 1.54) is 17.6 Å². The molecule has 175 valence electrons. The van der Waals surface area contributed by atoms with Crippen molar-refractivity contribution in [1.29, 1.82) is 0 Å². The number of benzene rings is 2. The predicted molar refractivity (Wildman–Crippen MR) is 132 cm³/mol. The summed E-state index contributed by atoms with van der Waals surface area (Å²) in [5.41, 5.74) is 2.22. The SMILES string of the molecule is C[C@@]1(c2ccc(CSS(C)(=O)=O)cc2)CC[C@@](C)(c2ccc(CSS(C)(=O)=O)cc2)N1[O]. The summed E-state index contributed by atoms with van der Waals surface area (Å²) in [6.07, 6.45) is 3.77. The van der Waals surface area contributed by atoms with Crippen molar-refractivity contribution >= 4 is 39.3 Å². The lowest BCUT2D eigenvalue weighted by Crippen LogP contribution is -2.44. The van der Waals surface area contributed by atoms with Crippen LogP contribution < -0.4 is 0 Å². The van der Waals surface area contributed by atoms with E-state index in [-0.39, 0.29) is 0 Å². The van der Waals surface area contributed by atoms with Crippen LogP contribution in [0.15, 0.2) is 48.5 Å². The molecule has 3 rings (SSSR count). The minimum absolute atomic E-state index is 0.374. The highest BCUT2D eigenvalue weighted by Crippen LogP contribution is 2.51. The molecule has 32 heavy (non-hydrogen) atoms. The number of hydrogen-bond acceptors (Lipinski definition) is 7. The Hall–Kier alpha value is -1.04. The van der Waals surface area contributed by atoms with E-state index in [0.29, 0.717) is 24.3 Å². The number of hydrogen-bond donors (Lipinski definition) is 0. The first kappa shape index (κ1) is 25.6. The van der Waals surface area contributed by atoms with Crippen LogP contribution in [0.5, 0.6) is 0 Å². The molecule has 0 N–H and O–H groups in total. The van der Waals surface area contributed by atoms with Crippen LogP contribution in [-0.2, 0) is 45.5 Å². The van der Waals surface area contributed by atoms with Gasteiger partial charge in [-0.05, 0) is 70.5 Å². The van der Waals surface area contributed by atoms with Gasteiger partial charge in [-0.3, -0.25) is 0 Å². The molecule has 1 heterocycles. The summed E-state index contributed by atoms with van der Waals surface area (Å²) >= 11 is 0. The van der Waals surface area contributed by atoms with Crippen molar-refractivity contribution in [2.75, 3.05) is 12.5 Å². The zero-order valence-corrected chi connectivity index (χ0v) is 21.8. The van der Waals surface area contributed by atoms with Crippen LogP contribution in [0.3, 0.4) is 0 Å². The maximum absolute atomic E-state index is 13.6. The van der Waals surface area contributed by atoms with E-state index in [2.05, 4.69) is 0 Å². The third-order valence-electron chi connectivity index (χ3n) is 6.03. The Morgan fingerprint density at radius 3 is 1.31 bits per heavy atom. The van der Waals surface area contributed by atoms with E-state index >= 15 is 0 Å². The third-order valence-corrected chi connectivity index (χ3v) is 11.1. The molecule has 0 aliphatic carbocycles. The zero-order chi connectivity index (χ0) is 23.8. The molecule has 0 spiro atoms. The summed E-state index contributed by atoms with van der Waals surface area (Å²) in [5.74, 6) is 0.747. The summed E-state index contributed by atoms with van der Waals surface area (Å²) in [6, 6.07) is 15.2. The summed E-state index contributed by atoms with van der Waals surface area (Å²) in [5, 5.41) is 14.8. The predicted octanol–water partition coefficient (Wildman–Crippen LogP) is 4.64. The molecule has 0 amide bonds. The Labute approximate surface area is 198 Å². The Morgan fingerprint density at radius 1 is 0.719 bits per heavy atom. The van der Waals surface area contributed by atoms with Crippen molar-refractivity contribution in [2.45, 2.75) is 49.3 Å². The molecule has 2 aromatic carbocycles. The second-order valence-electron chi connectivity index (χ2n) is 8.67. The standard InChI is InChI=1S/C22H28NO5S4/c1-21(19-9-5-17(6-10-19)15-29-31(3,25)26)13-14-22(2,23(21)24)20-11-7-18(8-12-20)16-30-32(4,27)28/h5-12H,13-16H2,1-4H3/t21-,22-/m0/s1. The maximum atomic E-state index is 13.6. The molecular formula is C22H28NO5S4. The number of nitrogens with zero attached hydrogens (tertiary/aromatic N) is 1. The lowest BCUT2D eigenvalue weighted by atomic mass is 9.89. The summed E-state index contributed by atoms with van der Waals surface area (Å²) in [7, 11) is -4.42. The van der Waals surface area contributed by atoms with Crippen molar-refractivity contribution < 1.29 is 22.0 Å². The van der Waals surface area contributed by atoms with E-state index in [4.69, 9.17) is 0 Å². The average molecular weight is 515 g/mol. The van der Waals surface area contributed by atoms with Gasteiger partial charge in [-0.2, -0.15) is 0 Å². The molecule has 1 aliphatic rings. The molecule has 1 saturated heterocycles. The first-order valence-electron chi connectivity index (χ1n) is 10.1. The normalized spacial score (nSPS) is 24.7. The van der Waals surface area contributed by atoms with Crippen LogP contribution in [0.25, 0.3) is 0 Å². The van der Waals surface area contributed by atoms with Crippen molar-refractivity contribution in [3.8, 4) is 0 Å². The van der Waals surface area contributed by atoms with Crippen molar-refractivity contribution in [3.05, 3.63) is 70.8 Å². The van der Waals surface area contributed by atoms with Gasteiger partial charge in [0.05, 0.1) is 11.1 Å². The molecular weight excluding hydrogens is 487 g/mol. The van der Waals surface area contributed by atoms with E-state index < -0.39 is 28.8 Å². The largest absolute Gasteiger partial charge is 0.218 e. The first-order chi connectivity index (χ1) is 14.7. The van der Waals surface area contributed by atoms with Crippen molar-refractivity contribution in [1.82, 2.24) is 5.06 Å². The maximum Gasteiger partial charge on any atom is 0.199 e. The fraction of sp³-hybridized carbons (Fsp3) is 0.455. The lowest BCUT2D eigenvalue weighted by Gasteiger charge is -2.37. The van der Waals surface area contributed by atoms with Crippen LogP contribution in [0, 0.1) is 0 Å². The minimum atomic E-state index is -3.10. The molecule has 10 heteroatoms. The molecule has 1 radical (unpaired) electrons. The lowest BCUT2D eigenvalue weighted by molar-refractivity contribution is -0.260. The van der Waals surface area contributed by atoms with Crippen molar-refractivity contribution in [2.24, 2.45) is 0 Å². The van der Waals surface area contributed by atoms with Gasteiger partial charge in [-0.1, -0.05) is 48.5 Å². The summed E-state index contributed by atoms with van der Waals surface area (Å²) in [4.78, 5) is 0. The second kappa shape index (κ2) is 9.31. The van der Waals surface area contributed by atoms with Gasteiger partial charge in [0.2, 0.25) is 0 Å². The molecule has 2 aromatic rings. The highest BCUT2D eigenvalue weighted by Gasteiger charge is 2.52. The Bertz CT molecular complexity index is 1070. The van der Waals surface area contributed by atoms with Gasteiger partial charge >= 0.3 is 0 Å². The average Bonchev–Trinajstić information content (AvgIpc) is 2.97. The van der Waals surface area contributed by atoms with Gasteiger partial charge < -0.3 is 0 Å². The van der Waals surface area contributed by atoms with Gasteiger partial charge in [0.15, 0.2) is 17.7 Å². The van der Waals surface area contributed by atoms with Crippen LogP contribution in [-0.4, -0.2) is 34.4 Å². The Kier molecular flexibility index (Phi) is 7.44. The Balaban J connectivity index is 1.76. The van der Waals surface area contributed by atoms with Crippen molar-refractivity contribution in [3.63, 3.8) is 0 Å². The van der Waals surface area contributed by atoms with Crippen LogP contribution in [0.1, 0.15) is 48.9 Å². The highest BCUT2D eigenvalue weighted by molar-refractivity contribution is 8.71. The quantitative estimate of drug-likeness (QED) is 0.474. The highest BCUT2D eigenvalue weighted by atomic mass is 33.1. The molecule has 6 nitrogen and oxygen atoms in total. The molecule has 1 aliphatic heterocycles. The molecule has 0 aromatic heterocycles. The van der Waals surface area contributed by atoms with E-state index in [1.54, 1.807) is 0 Å². The van der Waals surface area contributed by atoms with Crippen LogP contribution in [0.4, 0.5) is 0 Å². The third kappa shape index (κ3) is 5.90. The van der Waals surface area contributed by atoms with Crippen LogP contribution in [0.2, 0.25) is 0 Å². The zero-order valence-electron chi connectivity index (χ0n) is 18.6. The molecule has 2 atom stereocenters. The number of rotatable bonds is 8. The molecule has 0 unspecified atom stereocenters. The molecule has 0 bridgehead atoms. The van der Waals surface area contributed by atoms with E-state index in [1.807, 2.05) is 62.4 Å². The smallest absolute Gasteiger partial charge is 0.199 e. The minimum Gasteiger partial charge on any atom is -0.218 e. The number of hydroxylamine groups is 2. The van der Waals surface area contributed by atoms with Gasteiger partial charge in [0.25, 0.3) is 0 Å². The molecule has 0 saturated carbocycles. The van der Waals surface area contributed by atoms with Gasteiger partial charge in [0.1, 0.15) is 0 Å². The topological polar surface area (TPSA) is 91.4 Å². The summed E-state index contributed by atoms with van der Waals surface area (Å²) < 4.78 is 45.5. The molecule has 1 fully saturated rings. The van der Waals surface area contributed by atoms with Gasteiger partial charge in [0, 0.05) is 24.0 Å². The van der Waals surface area contributed by atoms with Gasteiger partial charge in [-0.25, -0.2) is 16.8 Å². The van der Waals surface area contributed by atoms with E-state index in [0.717, 1.165) is 43.8 Å². The second-order valence-corrected chi connectivity index (χ2v) is 17.6. The van der Waals surface area contributed by atoms with E-state index in [9.17, 15) is 22.0 Å².